The van der Waals surface area contributed by atoms with Gasteiger partial charge < -0.3 is 14.4 Å². The summed E-state index contributed by atoms with van der Waals surface area (Å²) >= 11 is 1.51. The van der Waals surface area contributed by atoms with Crippen LogP contribution in [0.15, 0.2) is 70.3 Å². The van der Waals surface area contributed by atoms with Crippen molar-refractivity contribution < 1.29 is 19.1 Å². The minimum atomic E-state index is -0.924. The average Bonchev–Trinajstić information content (AvgIpc) is 2.93. The molecule has 1 aliphatic heterocycles. The van der Waals surface area contributed by atoms with Gasteiger partial charge in [-0.05, 0) is 35.4 Å². The van der Waals surface area contributed by atoms with E-state index in [0.29, 0.717) is 6.61 Å². The molecule has 0 aromatic heterocycles. The summed E-state index contributed by atoms with van der Waals surface area (Å²) in [6.45, 7) is 1.79. The predicted molar refractivity (Wildman–Crippen MR) is 106 cm³/mol. The van der Waals surface area contributed by atoms with Crippen LogP contribution in [0, 0.1) is 0 Å². The van der Waals surface area contributed by atoms with Crippen molar-refractivity contribution in [2.75, 3.05) is 25.7 Å². The largest absolute Gasteiger partial charge is 0.451 e. The van der Waals surface area contributed by atoms with E-state index in [0.717, 1.165) is 21.7 Å². The fraction of sp³-hybridized carbons (Fsp3) is 0.286. The van der Waals surface area contributed by atoms with Crippen molar-refractivity contribution in [1.82, 2.24) is 0 Å². The van der Waals surface area contributed by atoms with Gasteiger partial charge in [0.05, 0.1) is 17.5 Å². The molecule has 0 bridgehead atoms. The maximum absolute atomic E-state index is 13.1. The van der Waals surface area contributed by atoms with E-state index in [9.17, 15) is 9.59 Å². The molecule has 27 heavy (non-hydrogen) atoms. The number of methoxy groups -OCH3 is 1. The number of benzene rings is 1. The smallest absolute Gasteiger partial charge is 0.303 e. The molecule has 1 aromatic rings. The second-order valence-corrected chi connectivity index (χ2v) is 7.41. The molecule has 140 valence electrons. The first-order valence-corrected chi connectivity index (χ1v) is 9.42. The number of allylic oxidation sites excluding steroid dienone is 2. The van der Waals surface area contributed by atoms with Gasteiger partial charge in [-0.2, -0.15) is 0 Å². The number of carbonyl (C=O) groups excluding carboxylic acids is 2. The van der Waals surface area contributed by atoms with E-state index in [-0.39, 0.29) is 11.2 Å². The average molecular weight is 383 g/mol. The third-order valence-electron chi connectivity index (χ3n) is 4.27. The Hall–Kier alpha value is -2.53. The number of ether oxygens (including phenoxy) is 2. The number of likely N-dealkylation sites (N-methyl/N-ethyl adjacent to an activating group) is 1. The Kier molecular flexibility index (Phi) is 6.01. The molecular formula is C21H21NO4S. The number of hydrogen-bond donors (Lipinski definition) is 0. The fourth-order valence-corrected chi connectivity index (χ4v) is 4.32. The molecule has 2 aliphatic rings. The van der Waals surface area contributed by atoms with Crippen LogP contribution in [0.3, 0.4) is 0 Å². The highest BCUT2D eigenvalue weighted by Crippen LogP contribution is 2.41. The zero-order valence-electron chi connectivity index (χ0n) is 15.5. The summed E-state index contributed by atoms with van der Waals surface area (Å²) in [7, 11) is 3.34. The Bertz CT molecular complexity index is 880. The van der Waals surface area contributed by atoms with Crippen LogP contribution < -0.4 is 4.90 Å². The van der Waals surface area contributed by atoms with Crippen molar-refractivity contribution in [1.29, 1.82) is 0 Å². The third-order valence-corrected chi connectivity index (χ3v) is 5.64. The van der Waals surface area contributed by atoms with Crippen LogP contribution in [0.1, 0.15) is 6.92 Å². The molecule has 6 heteroatoms. The Morgan fingerprint density at radius 3 is 2.78 bits per heavy atom. The third kappa shape index (κ3) is 4.25. The van der Waals surface area contributed by atoms with Gasteiger partial charge in [-0.15, -0.1) is 17.5 Å². The number of fused-ring (bicyclic) bond motifs is 1. The number of rotatable bonds is 4. The Morgan fingerprint density at radius 1 is 1.26 bits per heavy atom. The molecule has 1 aliphatic carbocycles. The lowest BCUT2D eigenvalue weighted by Gasteiger charge is -2.25. The minimum Gasteiger partial charge on any atom is -0.451 e. The molecular weight excluding hydrogens is 362 g/mol. The van der Waals surface area contributed by atoms with E-state index in [1.54, 1.807) is 19.1 Å². The number of thioether (sulfide) groups is 1. The summed E-state index contributed by atoms with van der Waals surface area (Å²) in [5, 5.41) is -0.383. The SMILES string of the molecule is COCC1=CC=C(C2Sc3ccccc3N(C)C(=O)C2OC(C)=O)C=C=C1. The molecule has 3 rings (SSSR count). The lowest BCUT2D eigenvalue weighted by Crippen LogP contribution is -2.43. The molecule has 0 spiro atoms. The molecule has 0 N–H and O–H groups in total. The lowest BCUT2D eigenvalue weighted by atomic mass is 10.1. The molecule has 2 unspecified atom stereocenters. The maximum atomic E-state index is 13.1. The molecule has 1 aromatic carbocycles. The number of amides is 1. The summed E-state index contributed by atoms with van der Waals surface area (Å²) in [6, 6.07) is 7.68. The van der Waals surface area contributed by atoms with Gasteiger partial charge in [0.25, 0.3) is 5.91 Å². The van der Waals surface area contributed by atoms with Crippen molar-refractivity contribution >= 4 is 29.3 Å². The summed E-state index contributed by atoms with van der Waals surface area (Å²) in [4.78, 5) is 27.3. The highest BCUT2D eigenvalue weighted by atomic mass is 32.2. The number of nitrogens with zero attached hydrogens (tertiary/aromatic N) is 1. The second-order valence-electron chi connectivity index (χ2n) is 6.23. The van der Waals surface area contributed by atoms with Gasteiger partial charge in [-0.25, -0.2) is 0 Å². The van der Waals surface area contributed by atoms with Crippen LogP contribution in [0.4, 0.5) is 5.69 Å². The van der Waals surface area contributed by atoms with Crippen LogP contribution in [-0.4, -0.2) is 44.0 Å². The quantitative estimate of drug-likeness (QED) is 0.590. The van der Waals surface area contributed by atoms with Crippen LogP contribution in [0.25, 0.3) is 0 Å². The molecule has 0 fully saturated rings. The first-order chi connectivity index (χ1) is 13.0. The van der Waals surface area contributed by atoms with Crippen molar-refractivity contribution in [3.8, 4) is 0 Å². The van der Waals surface area contributed by atoms with E-state index < -0.39 is 12.1 Å². The summed E-state index contributed by atoms with van der Waals surface area (Å²) in [5.74, 6) is -0.737. The van der Waals surface area contributed by atoms with E-state index in [1.807, 2.05) is 48.6 Å². The summed E-state index contributed by atoms with van der Waals surface area (Å²) in [5.41, 5.74) is 5.75. The summed E-state index contributed by atoms with van der Waals surface area (Å²) in [6.07, 6.45) is 6.61. The Morgan fingerprint density at radius 2 is 2.04 bits per heavy atom. The number of hydrogen-bond acceptors (Lipinski definition) is 5. The molecule has 0 radical (unpaired) electrons. The van der Waals surface area contributed by atoms with Gasteiger partial charge in [0.15, 0.2) is 6.10 Å². The first-order valence-electron chi connectivity index (χ1n) is 8.54. The van der Waals surface area contributed by atoms with Crippen LogP contribution in [0.5, 0.6) is 0 Å². The number of para-hydroxylation sites is 1. The molecule has 5 nitrogen and oxygen atoms in total. The van der Waals surface area contributed by atoms with Crippen molar-refractivity contribution in [3.63, 3.8) is 0 Å². The lowest BCUT2D eigenvalue weighted by molar-refractivity contribution is -0.152. The van der Waals surface area contributed by atoms with E-state index in [1.165, 1.54) is 18.7 Å². The highest BCUT2D eigenvalue weighted by Gasteiger charge is 2.39. The zero-order valence-corrected chi connectivity index (χ0v) is 16.3. The monoisotopic (exact) mass is 383 g/mol. The highest BCUT2D eigenvalue weighted by molar-refractivity contribution is 8.00. The number of carbonyl (C=O) groups is 2. The van der Waals surface area contributed by atoms with Crippen molar-refractivity contribution in [2.45, 2.75) is 23.2 Å². The van der Waals surface area contributed by atoms with Crippen LogP contribution >= 0.6 is 11.8 Å². The molecule has 2 atom stereocenters. The number of anilines is 1. The minimum absolute atomic E-state index is 0.253. The van der Waals surface area contributed by atoms with Gasteiger partial charge in [0.2, 0.25) is 0 Å². The fourth-order valence-electron chi connectivity index (χ4n) is 2.98. The molecule has 1 amide bonds. The second kappa shape index (κ2) is 8.44. The van der Waals surface area contributed by atoms with Gasteiger partial charge >= 0.3 is 5.97 Å². The maximum Gasteiger partial charge on any atom is 0.303 e. The molecule has 0 saturated heterocycles. The Balaban J connectivity index is 2.06. The van der Waals surface area contributed by atoms with E-state index >= 15 is 0 Å². The van der Waals surface area contributed by atoms with Gasteiger partial charge in [0.1, 0.15) is 0 Å². The van der Waals surface area contributed by atoms with Gasteiger partial charge in [-0.3, -0.25) is 9.59 Å². The normalized spacial score (nSPS) is 21.7. The van der Waals surface area contributed by atoms with Crippen molar-refractivity contribution in [3.05, 3.63) is 65.4 Å². The van der Waals surface area contributed by atoms with Gasteiger partial charge in [-0.1, -0.05) is 24.3 Å². The predicted octanol–water partition coefficient (Wildman–Crippen LogP) is 3.28. The van der Waals surface area contributed by atoms with E-state index in [2.05, 4.69) is 5.73 Å². The first kappa shape index (κ1) is 19.2. The molecule has 1 heterocycles. The zero-order chi connectivity index (χ0) is 19.4. The summed E-state index contributed by atoms with van der Waals surface area (Å²) < 4.78 is 10.6. The van der Waals surface area contributed by atoms with Crippen LogP contribution in [-0.2, 0) is 19.1 Å². The standard InChI is InChI=1S/C21H21NO4S/c1-14(23)26-19-20(16-8-6-7-15(11-12-16)13-25-3)27-18-10-5-4-9-17(18)22(2)21(19)24/h4-5,7-12,19-20H,13H2,1-3H3. The number of esters is 1. The van der Waals surface area contributed by atoms with Crippen LogP contribution in [0.2, 0.25) is 0 Å². The molecule has 0 saturated carbocycles. The topological polar surface area (TPSA) is 55.8 Å². The van der Waals surface area contributed by atoms with E-state index in [4.69, 9.17) is 9.47 Å². The van der Waals surface area contributed by atoms with Crippen molar-refractivity contribution in [2.24, 2.45) is 0 Å². The van der Waals surface area contributed by atoms with Gasteiger partial charge in [0, 0.05) is 26.0 Å². The Labute approximate surface area is 163 Å².